The molecule has 3 nitrogen and oxygen atoms in total. The number of nitrogens with zero attached hydrogens (tertiary/aromatic N) is 1. The summed E-state index contributed by atoms with van der Waals surface area (Å²) in [7, 11) is 2.25. The summed E-state index contributed by atoms with van der Waals surface area (Å²) in [4.78, 5) is 2.49. The van der Waals surface area contributed by atoms with Crippen LogP contribution in [0.5, 0.6) is 0 Å². The molecule has 17 heavy (non-hydrogen) atoms. The first-order chi connectivity index (χ1) is 8.16. The van der Waals surface area contributed by atoms with Crippen LogP contribution in [-0.2, 0) is 4.74 Å². The minimum Gasteiger partial charge on any atom is -0.378 e. The molecule has 0 radical (unpaired) electrons. The van der Waals surface area contributed by atoms with Crippen molar-refractivity contribution in [3.05, 3.63) is 0 Å². The molecule has 100 valence electrons. The van der Waals surface area contributed by atoms with Gasteiger partial charge in [0.1, 0.15) is 0 Å². The van der Waals surface area contributed by atoms with Crippen molar-refractivity contribution < 1.29 is 4.74 Å². The highest BCUT2D eigenvalue weighted by Crippen LogP contribution is 2.21. The smallest absolute Gasteiger partial charge is 0.0612 e. The van der Waals surface area contributed by atoms with Gasteiger partial charge in [-0.15, -0.1) is 0 Å². The summed E-state index contributed by atoms with van der Waals surface area (Å²) in [5.74, 6) is 0.647. The molecule has 1 N–H and O–H groups in total. The van der Waals surface area contributed by atoms with Crippen molar-refractivity contribution in [1.29, 1.82) is 0 Å². The highest BCUT2D eigenvalue weighted by Gasteiger charge is 2.26. The maximum Gasteiger partial charge on any atom is 0.0612 e. The summed E-state index contributed by atoms with van der Waals surface area (Å²) in [6.07, 6.45) is 5.56. The quantitative estimate of drug-likeness (QED) is 0.812. The number of hydrogen-bond donors (Lipinski definition) is 1. The van der Waals surface area contributed by atoms with Crippen molar-refractivity contribution in [2.24, 2.45) is 5.92 Å². The summed E-state index contributed by atoms with van der Waals surface area (Å²) < 4.78 is 5.81. The molecule has 3 unspecified atom stereocenters. The lowest BCUT2D eigenvalue weighted by atomic mass is 9.95. The van der Waals surface area contributed by atoms with Crippen molar-refractivity contribution in [3.63, 3.8) is 0 Å². The van der Waals surface area contributed by atoms with Gasteiger partial charge in [-0.1, -0.05) is 13.8 Å². The Kier molecular flexibility index (Phi) is 4.83. The van der Waals surface area contributed by atoms with Gasteiger partial charge in [0.05, 0.1) is 6.10 Å². The molecule has 3 heteroatoms. The van der Waals surface area contributed by atoms with E-state index in [1.54, 1.807) is 0 Å². The fourth-order valence-corrected chi connectivity index (χ4v) is 3.02. The molecule has 0 amide bonds. The molecule has 2 rings (SSSR count). The Morgan fingerprint density at radius 1 is 1.35 bits per heavy atom. The van der Waals surface area contributed by atoms with E-state index in [0.717, 1.165) is 19.2 Å². The molecule has 2 fully saturated rings. The zero-order valence-corrected chi connectivity index (χ0v) is 11.6. The first-order valence-corrected chi connectivity index (χ1v) is 7.22. The third-order valence-corrected chi connectivity index (χ3v) is 4.37. The second kappa shape index (κ2) is 6.17. The summed E-state index contributed by atoms with van der Waals surface area (Å²) in [6.45, 7) is 7.89. The van der Waals surface area contributed by atoms with E-state index in [0.29, 0.717) is 18.1 Å². The Hall–Kier alpha value is -0.120. The van der Waals surface area contributed by atoms with Gasteiger partial charge in [0, 0.05) is 25.2 Å². The van der Waals surface area contributed by atoms with Crippen LogP contribution in [0.2, 0.25) is 0 Å². The predicted octanol–water partition coefficient (Wildman–Crippen LogP) is 1.87. The lowest BCUT2D eigenvalue weighted by Gasteiger charge is -2.33. The Morgan fingerprint density at radius 3 is 2.82 bits per heavy atom. The van der Waals surface area contributed by atoms with Gasteiger partial charge in [-0.25, -0.2) is 0 Å². The highest BCUT2D eigenvalue weighted by atomic mass is 16.5. The molecule has 0 aromatic heterocycles. The average Bonchev–Trinajstić information content (AvgIpc) is 2.72. The van der Waals surface area contributed by atoms with Gasteiger partial charge >= 0.3 is 0 Å². The fraction of sp³-hybridized carbons (Fsp3) is 1.00. The largest absolute Gasteiger partial charge is 0.378 e. The van der Waals surface area contributed by atoms with Gasteiger partial charge < -0.3 is 15.0 Å². The van der Waals surface area contributed by atoms with E-state index < -0.39 is 0 Å². The Labute approximate surface area is 106 Å². The minimum absolute atomic E-state index is 0.461. The summed E-state index contributed by atoms with van der Waals surface area (Å²) in [5, 5.41) is 3.76. The number of likely N-dealkylation sites (N-methyl/N-ethyl adjacent to an activating group) is 1. The van der Waals surface area contributed by atoms with Gasteiger partial charge in [-0.05, 0) is 45.2 Å². The number of ether oxygens (including phenoxy) is 1. The molecular formula is C14H28N2O. The molecule has 2 aliphatic rings. The molecular weight excluding hydrogens is 212 g/mol. The van der Waals surface area contributed by atoms with Gasteiger partial charge in [-0.3, -0.25) is 0 Å². The van der Waals surface area contributed by atoms with Crippen LogP contribution < -0.4 is 5.32 Å². The number of rotatable bonds is 4. The molecule has 0 spiro atoms. The first-order valence-electron chi connectivity index (χ1n) is 7.22. The summed E-state index contributed by atoms with van der Waals surface area (Å²) >= 11 is 0. The molecule has 0 bridgehead atoms. The zero-order valence-electron chi connectivity index (χ0n) is 11.6. The normalized spacial score (nSPS) is 35.6. The van der Waals surface area contributed by atoms with Gasteiger partial charge in [0.2, 0.25) is 0 Å². The Bertz CT molecular complexity index is 232. The number of nitrogens with one attached hydrogen (secondary N) is 1. The van der Waals surface area contributed by atoms with Crippen molar-refractivity contribution in [2.75, 3.05) is 26.7 Å². The van der Waals surface area contributed by atoms with E-state index in [4.69, 9.17) is 4.74 Å². The lowest BCUT2D eigenvalue weighted by molar-refractivity contribution is -0.0248. The first kappa shape index (κ1) is 13.3. The number of likely N-dealkylation sites (tertiary alicyclic amines) is 1. The van der Waals surface area contributed by atoms with Gasteiger partial charge in [0.15, 0.2) is 0 Å². The molecule has 0 saturated carbocycles. The van der Waals surface area contributed by atoms with Crippen LogP contribution in [0.4, 0.5) is 0 Å². The fourth-order valence-electron chi connectivity index (χ4n) is 3.02. The molecule has 2 aliphatic heterocycles. The standard InChI is InChI=1S/C14H28N2O/c1-11(2)14-9-12(6-8-17-14)15-10-13-5-4-7-16(13)3/h11-15H,4-10H2,1-3H3. The van der Waals surface area contributed by atoms with Crippen molar-refractivity contribution in [1.82, 2.24) is 10.2 Å². The molecule has 0 aromatic rings. The second-order valence-corrected chi connectivity index (χ2v) is 6.06. The van der Waals surface area contributed by atoms with Crippen LogP contribution in [0, 0.1) is 5.92 Å². The third kappa shape index (κ3) is 3.67. The van der Waals surface area contributed by atoms with E-state index in [2.05, 4.69) is 31.1 Å². The highest BCUT2D eigenvalue weighted by molar-refractivity contribution is 4.83. The molecule has 2 heterocycles. The van der Waals surface area contributed by atoms with Crippen molar-refractivity contribution >= 4 is 0 Å². The SMILES string of the molecule is CC(C)C1CC(NCC2CCCN2C)CCO1. The topological polar surface area (TPSA) is 24.5 Å². The van der Waals surface area contributed by atoms with E-state index >= 15 is 0 Å². The predicted molar refractivity (Wildman–Crippen MR) is 71.3 cm³/mol. The van der Waals surface area contributed by atoms with E-state index in [9.17, 15) is 0 Å². The van der Waals surface area contributed by atoms with Crippen LogP contribution in [0.3, 0.4) is 0 Å². The van der Waals surface area contributed by atoms with Crippen LogP contribution in [0.25, 0.3) is 0 Å². The van der Waals surface area contributed by atoms with Crippen LogP contribution in [-0.4, -0.2) is 49.8 Å². The Balaban J connectivity index is 1.71. The summed E-state index contributed by atoms with van der Waals surface area (Å²) in [5.41, 5.74) is 0. The summed E-state index contributed by atoms with van der Waals surface area (Å²) in [6, 6.07) is 1.43. The van der Waals surface area contributed by atoms with Crippen LogP contribution >= 0.6 is 0 Å². The number of hydrogen-bond acceptors (Lipinski definition) is 3. The average molecular weight is 240 g/mol. The third-order valence-electron chi connectivity index (χ3n) is 4.37. The van der Waals surface area contributed by atoms with Crippen molar-refractivity contribution in [2.45, 2.75) is 57.7 Å². The molecule has 0 aromatic carbocycles. The Morgan fingerprint density at radius 2 is 2.18 bits per heavy atom. The molecule has 2 saturated heterocycles. The zero-order chi connectivity index (χ0) is 12.3. The van der Waals surface area contributed by atoms with Crippen molar-refractivity contribution in [3.8, 4) is 0 Å². The second-order valence-electron chi connectivity index (χ2n) is 6.06. The van der Waals surface area contributed by atoms with E-state index in [-0.39, 0.29) is 0 Å². The molecule has 3 atom stereocenters. The van der Waals surface area contributed by atoms with Crippen LogP contribution in [0.15, 0.2) is 0 Å². The molecule has 0 aliphatic carbocycles. The van der Waals surface area contributed by atoms with Crippen LogP contribution in [0.1, 0.15) is 39.5 Å². The van der Waals surface area contributed by atoms with E-state index in [1.165, 1.54) is 32.2 Å². The maximum absolute atomic E-state index is 5.81. The van der Waals surface area contributed by atoms with Gasteiger partial charge in [-0.2, -0.15) is 0 Å². The van der Waals surface area contributed by atoms with Gasteiger partial charge in [0.25, 0.3) is 0 Å². The maximum atomic E-state index is 5.81. The minimum atomic E-state index is 0.461. The monoisotopic (exact) mass is 240 g/mol. The lowest BCUT2D eigenvalue weighted by Crippen LogP contribution is -2.45. The van der Waals surface area contributed by atoms with E-state index in [1.807, 2.05) is 0 Å².